The number of nitrogens with one attached hydrogen (secondary N) is 3. The Morgan fingerprint density at radius 1 is 0.560 bits per heavy atom. The molecule has 19 rings (SSSR count). The van der Waals surface area contributed by atoms with Crippen LogP contribution in [0.3, 0.4) is 0 Å². The molecule has 2 amide bonds. The van der Waals surface area contributed by atoms with Crippen LogP contribution in [0.4, 0.5) is 11.4 Å². The molecule has 0 bridgehead atoms. The number of carbonyl (C=O) groups excluding carboxylic acids is 2. The summed E-state index contributed by atoms with van der Waals surface area (Å²) in [6.07, 6.45) is 0. The number of carboxylic acid groups (broad SMARTS) is 2. The molecule has 3 aliphatic rings. The van der Waals surface area contributed by atoms with Crippen molar-refractivity contribution in [3.05, 3.63) is 300 Å². The SMILES string of the molecule is CCOc1ccc2c(c1)c(-c1ccc3c(c1)OCO3)c(C(=O)O)c(=O)n2Cc1ccccc1OC.COc1ccc(-c2c(C(=O)O)c(OCc3ccccc3OC)nc3c2oc2ccccc23)cc1.Cc1cc(C)c(=O)n(C(C(=O)NS(=O)(=O)c2ccc(C(C)C)cc2)c2ccc3c(c2)OCO3)n1.Cc1cc2c(cc1NC(=O)c1sccc1S(=O)(=O)Nc1ccc3nsnc3c1)OCO2. The van der Waals surface area contributed by atoms with E-state index in [1.54, 1.807) is 174 Å². The summed E-state index contributed by atoms with van der Waals surface area (Å²) in [5.74, 6) is 1.82. The third-order valence-electron chi connectivity index (χ3n) is 21.7. The molecule has 5 N–H and O–H groups in total. The van der Waals surface area contributed by atoms with E-state index in [0.29, 0.717) is 153 Å². The first-order valence-corrected chi connectivity index (χ1v) is 45.9. The maximum atomic E-state index is 13.7. The Morgan fingerprint density at radius 2 is 1.18 bits per heavy atom. The topological polar surface area (TPSA) is 423 Å². The molecule has 9 heterocycles. The molecule has 10 aromatic carbocycles. The van der Waals surface area contributed by atoms with Crippen LogP contribution in [0.15, 0.2) is 248 Å². The fourth-order valence-corrected chi connectivity index (χ4v) is 19.1. The number of furan rings is 1. The Balaban J connectivity index is 0.000000130. The van der Waals surface area contributed by atoms with Gasteiger partial charge in [-0.2, -0.15) is 13.8 Å². The molecule has 1 atom stereocenters. The van der Waals surface area contributed by atoms with Crippen molar-refractivity contribution in [1.29, 1.82) is 0 Å². The molecule has 33 nitrogen and oxygen atoms in total. The van der Waals surface area contributed by atoms with Gasteiger partial charge < -0.3 is 76.6 Å². The van der Waals surface area contributed by atoms with Crippen LogP contribution in [0, 0.1) is 20.8 Å². The summed E-state index contributed by atoms with van der Waals surface area (Å²) in [7, 11) is -3.50. The lowest BCUT2D eigenvalue weighted by molar-refractivity contribution is -0.121. The molecule has 0 spiro atoms. The Bertz CT molecular complexity index is 7650. The van der Waals surface area contributed by atoms with E-state index in [2.05, 4.69) is 33.6 Å². The number of amides is 2. The number of carboxylic acids is 2. The van der Waals surface area contributed by atoms with Crippen LogP contribution in [-0.4, -0.2) is 127 Å². The van der Waals surface area contributed by atoms with Gasteiger partial charge in [-0.25, -0.2) is 40.8 Å². The number of ether oxygens (including phenoxy) is 11. The zero-order chi connectivity index (χ0) is 94.4. The summed E-state index contributed by atoms with van der Waals surface area (Å²) in [5.41, 5.74) is 9.00. The summed E-state index contributed by atoms with van der Waals surface area (Å²) >= 11 is 2.09. The van der Waals surface area contributed by atoms with Gasteiger partial charge in [-0.1, -0.05) is 98.8 Å². The average molecular weight is 1890 g/mol. The van der Waals surface area contributed by atoms with Gasteiger partial charge in [0.25, 0.3) is 43.0 Å². The van der Waals surface area contributed by atoms with Gasteiger partial charge in [-0.3, -0.25) is 23.9 Å². The fraction of sp³-hybridized carbons (Fsp3) is 0.175. The molecule has 0 radical (unpaired) electrons. The van der Waals surface area contributed by atoms with Gasteiger partial charge in [0.15, 0.2) is 46.1 Å². The highest BCUT2D eigenvalue weighted by molar-refractivity contribution is 7.93. The van der Waals surface area contributed by atoms with Crippen molar-refractivity contribution in [1.82, 2.24) is 32.8 Å². The monoisotopic (exact) mass is 1890 g/mol. The van der Waals surface area contributed by atoms with Crippen molar-refractivity contribution in [2.45, 2.75) is 76.4 Å². The van der Waals surface area contributed by atoms with Crippen molar-refractivity contribution < 1.29 is 103 Å². The van der Waals surface area contributed by atoms with Gasteiger partial charge in [0.05, 0.1) is 68.0 Å². The van der Waals surface area contributed by atoms with Crippen LogP contribution in [0.25, 0.3) is 66.3 Å². The average Bonchev–Trinajstić information content (AvgIpc) is 1.19. The molecule has 0 fully saturated rings. The Kier molecular flexibility index (Phi) is 26.7. The lowest BCUT2D eigenvalue weighted by atomic mass is 9.95. The maximum Gasteiger partial charge on any atom is 0.342 e. The van der Waals surface area contributed by atoms with Crippen LogP contribution in [0.2, 0.25) is 0 Å². The van der Waals surface area contributed by atoms with Gasteiger partial charge in [0.1, 0.15) is 72.6 Å². The number of fused-ring (bicyclic) bond motifs is 8. The van der Waals surface area contributed by atoms with Crippen molar-refractivity contribution in [3.63, 3.8) is 0 Å². The number of aryl methyl sites for hydroxylation is 3. The highest BCUT2D eigenvalue weighted by Crippen LogP contribution is 2.45. The minimum Gasteiger partial charge on any atom is -0.497 e. The number of pyridine rings is 2. The number of aromatic nitrogens is 6. The molecular formula is C97H83N9O24S4. The van der Waals surface area contributed by atoms with E-state index in [1.807, 2.05) is 94.4 Å². The largest absolute Gasteiger partial charge is 0.497 e. The minimum atomic E-state index is -4.21. The number of rotatable bonds is 25. The second-order valence-electron chi connectivity index (χ2n) is 30.6. The third-order valence-corrected chi connectivity index (χ3v) is 26.1. The van der Waals surface area contributed by atoms with Gasteiger partial charge in [0, 0.05) is 50.3 Å². The summed E-state index contributed by atoms with van der Waals surface area (Å²) in [6.45, 7) is 11.9. The number of para-hydroxylation sites is 3. The van der Waals surface area contributed by atoms with E-state index in [0.717, 1.165) is 55.4 Å². The van der Waals surface area contributed by atoms with Crippen molar-refractivity contribution >= 4 is 122 Å². The summed E-state index contributed by atoms with van der Waals surface area (Å²) in [4.78, 5) is 82.5. The number of sulfonamides is 2. The molecular weight excluding hydrogens is 1800 g/mol. The first-order valence-electron chi connectivity index (χ1n) is 41.3. The number of aromatic carboxylic acids is 2. The van der Waals surface area contributed by atoms with E-state index >= 15 is 0 Å². The van der Waals surface area contributed by atoms with Crippen molar-refractivity contribution in [2.24, 2.45) is 0 Å². The number of methoxy groups -OCH3 is 3. The second-order valence-corrected chi connectivity index (χ2v) is 35.4. The second kappa shape index (κ2) is 39.1. The molecule has 6 aromatic heterocycles. The van der Waals surface area contributed by atoms with Crippen LogP contribution in [0.5, 0.6) is 63.4 Å². The maximum absolute atomic E-state index is 13.7. The van der Waals surface area contributed by atoms with E-state index in [4.69, 9.17) is 56.5 Å². The van der Waals surface area contributed by atoms with Crippen LogP contribution >= 0.6 is 23.1 Å². The van der Waals surface area contributed by atoms with Crippen LogP contribution < -0.4 is 78.0 Å². The number of hydrogen-bond acceptors (Lipinski definition) is 28. The molecule has 16 aromatic rings. The smallest absolute Gasteiger partial charge is 0.342 e. The number of thiophene rings is 1. The van der Waals surface area contributed by atoms with Gasteiger partial charge in [-0.15, -0.1) is 11.3 Å². The molecule has 0 saturated heterocycles. The van der Waals surface area contributed by atoms with Gasteiger partial charge in [-0.05, 0) is 194 Å². The summed E-state index contributed by atoms with van der Waals surface area (Å²) < 4.78 is 134. The lowest BCUT2D eigenvalue weighted by Gasteiger charge is -2.20. The summed E-state index contributed by atoms with van der Waals surface area (Å²) in [6, 6.07) is 60.7. The van der Waals surface area contributed by atoms with Crippen molar-refractivity contribution in [2.75, 3.05) is 58.4 Å². The number of nitrogens with zero attached hydrogens (tertiary/aromatic N) is 6. The van der Waals surface area contributed by atoms with E-state index in [1.165, 1.54) is 22.8 Å². The molecule has 0 aliphatic carbocycles. The van der Waals surface area contributed by atoms with E-state index in [-0.39, 0.29) is 71.1 Å². The predicted molar refractivity (Wildman–Crippen MR) is 500 cm³/mol. The lowest BCUT2D eigenvalue weighted by Crippen LogP contribution is -2.42. The van der Waals surface area contributed by atoms with E-state index in [9.17, 15) is 55.8 Å². The normalized spacial score (nSPS) is 12.4. The quantitative estimate of drug-likeness (QED) is 0.0355. The van der Waals surface area contributed by atoms with Crippen molar-refractivity contribution in [3.8, 4) is 85.6 Å². The number of hydrogen-bond donors (Lipinski definition) is 5. The Morgan fingerprint density at radius 3 is 1.87 bits per heavy atom. The molecule has 1 unspecified atom stereocenters. The standard InChI is InChI=1S/C27H23NO7.C27H21NO6.C24H25N3O6S.C19H14N4O5S3/c1-3-33-18-9-10-20-19(13-18)24(16-8-11-22-23(12-16)35-15-34-22)25(27(30)31)26(29)28(20)14-17-6-4-5-7-21(17)32-2;1-31-18-13-11-16(12-14-18)22-23(27(29)30)26(33-15-17-7-3-5-9-20(17)32-2)28-24-19-8-4-6-10-21(19)34-25(22)24;1-14(2)17-5-8-19(9-6-17)34(30,31)26-23(28)22(27-24(29)15(3)11-16(4)25-27)18-7-10-20-21(12-18)33-13-32-20;1-10-6-15-16(28-9-27-15)8-13(10)20-19(24)18-17(4-5-29-18)31(25,26)23-11-2-3-12-14(7-11)22-30-21-12/h4-13H,3,14-15H2,1-2H3,(H,30,31);3-14H,15H2,1-2H3,(H,29,30);5-12,14,22H,13H2,1-4H3,(H,26,28);2-8,23H,9H2,1H3,(H,20,24). The highest BCUT2D eigenvalue weighted by Gasteiger charge is 2.35. The first-order chi connectivity index (χ1) is 64.6. The number of anilines is 2. The molecule has 3 aliphatic heterocycles. The molecule has 37 heteroatoms. The van der Waals surface area contributed by atoms with Gasteiger partial charge in [0.2, 0.25) is 26.3 Å². The minimum absolute atomic E-state index is 0.00303. The zero-order valence-corrected chi connectivity index (χ0v) is 76.2. The van der Waals surface area contributed by atoms with E-state index < -0.39 is 61.0 Å². The predicted octanol–water partition coefficient (Wildman–Crippen LogP) is 17.1. The molecule has 684 valence electrons. The fourth-order valence-electron chi connectivity index (χ4n) is 15.2. The molecule has 0 saturated carbocycles. The highest BCUT2D eigenvalue weighted by atomic mass is 32.2. The number of carbonyl (C=O) groups is 4. The first kappa shape index (κ1) is 91.5. The molecule has 134 heavy (non-hydrogen) atoms. The Hall–Kier alpha value is -15.9. The van der Waals surface area contributed by atoms with Crippen LogP contribution in [-0.2, 0) is 38.0 Å². The number of benzene rings is 10. The van der Waals surface area contributed by atoms with Crippen LogP contribution in [0.1, 0.15) is 102 Å². The zero-order valence-electron chi connectivity index (χ0n) is 73.0. The summed E-state index contributed by atoms with van der Waals surface area (Å²) in [5, 5.41) is 30.3. The third kappa shape index (κ3) is 19.2. The van der Waals surface area contributed by atoms with Gasteiger partial charge >= 0.3 is 11.9 Å². The Labute approximate surface area is 772 Å².